The lowest BCUT2D eigenvalue weighted by atomic mass is 9.58. The van der Waals surface area contributed by atoms with Gasteiger partial charge in [-0.3, -0.25) is 4.57 Å². The Morgan fingerprint density at radius 1 is 0.299 bits per heavy atom. The summed E-state index contributed by atoms with van der Waals surface area (Å²) in [6.45, 7) is 1.65. The molecule has 0 aliphatic carbocycles. The van der Waals surface area contributed by atoms with Crippen LogP contribution in [0.3, 0.4) is 0 Å². The van der Waals surface area contributed by atoms with Gasteiger partial charge in [-0.2, -0.15) is 9.97 Å². The van der Waals surface area contributed by atoms with Gasteiger partial charge in [-0.15, -0.1) is 65.6 Å². The van der Waals surface area contributed by atoms with E-state index < -0.39 is 0 Å². The highest BCUT2D eigenvalue weighted by atomic mass is 16.3. The second-order valence-electron chi connectivity index (χ2n) is 18.4. The van der Waals surface area contributed by atoms with Crippen LogP contribution >= 0.6 is 0 Å². The molecule has 3 heterocycles. The fraction of sp³-hybridized carbons (Fsp3) is 0.0217. The number of aryl methyl sites for hydroxylation is 1. The maximum atomic E-state index is 7.20. The molecule has 77 heavy (non-hydrogen) atoms. The maximum absolute atomic E-state index is 7.20. The molecule has 0 aliphatic rings. The van der Waals surface area contributed by atoms with E-state index in [-0.39, 0.29) is 237 Å². The summed E-state index contributed by atoms with van der Waals surface area (Å²) in [4.78, 5) is 14.8. The second-order valence-corrected chi connectivity index (χ2v) is 18.4. The third kappa shape index (κ3) is 7.55. The van der Waals surface area contributed by atoms with Crippen LogP contribution in [0.1, 0.15) is 5.56 Å². The van der Waals surface area contributed by atoms with E-state index in [0.29, 0.717) is 5.56 Å². The molecular weight excluding hydrogens is 906 g/mol. The molecule has 0 spiro atoms. The standard InChI is InChI=1S/C46H4B26N4O/c1-3-6-10-9(11-20(53)28(61)34(67)29(62)21(11)54)19(52)32(65)39(72)43(10)77-42(6)24(57)12(14(3)47)44-73-45(13-22(55)30(63)35(68)31(64)23(13)56)75-46(74-44)76-40-5(8-18(51)27(60)36(69)38(71)41(8)76)2-4(15(48)37(40)70)7-16(49)25(58)33(66)26(59)17(7)50/h2H,1H3. The maximum Gasteiger partial charge on any atom is 0.238 e. The average Bonchev–Trinajstić information content (AvgIpc) is 4.13. The Balaban J connectivity index is 1.39. The van der Waals surface area contributed by atoms with Crippen molar-refractivity contribution in [2.45, 2.75) is 6.92 Å². The van der Waals surface area contributed by atoms with Gasteiger partial charge in [-0.05, 0) is 51.7 Å². The minimum Gasteiger partial charge on any atom is -0.457 e. The predicted molar refractivity (Wildman–Crippen MR) is 348 cm³/mol. The first kappa shape index (κ1) is 55.2. The quantitative estimate of drug-likeness (QED) is 0.161. The molecule has 10 aromatic rings. The molecule has 31 heteroatoms. The van der Waals surface area contributed by atoms with Crippen molar-refractivity contribution < 1.29 is 4.42 Å². The fourth-order valence-electron chi connectivity index (χ4n) is 10.0. The SMILES string of the molecule is [B]c1c([B])c([B])c(-c2nc(-c3c([B])c(C)c4c(oc5c([B])c([B])c([B])c(-c6c([B])c([B])c([B])c([B])c6[B])c54)c3[B])nc(-n3c4c([B])c([B])c(-c5c([B])c([B])c([B])c([B])c5[B])cc4c4c([B])c([B])c([B])c([B])c43)n2)c([B])c1[B]. The molecule has 0 N–H and O–H groups in total. The van der Waals surface area contributed by atoms with Crippen molar-refractivity contribution in [3.8, 4) is 51.0 Å². The third-order valence-corrected chi connectivity index (χ3v) is 14.4. The summed E-state index contributed by atoms with van der Waals surface area (Å²) in [5, 5.41) is 0.885. The summed E-state index contributed by atoms with van der Waals surface area (Å²) in [6.07, 6.45) is 0. The number of nitrogens with zero attached hydrogens (tertiary/aromatic N) is 4. The molecule has 0 bridgehead atoms. The molecule has 0 unspecified atom stereocenters. The zero-order valence-electron chi connectivity index (χ0n) is 40.8. The van der Waals surface area contributed by atoms with Crippen LogP contribution in [-0.2, 0) is 0 Å². The van der Waals surface area contributed by atoms with E-state index in [9.17, 15) is 0 Å². The van der Waals surface area contributed by atoms with E-state index in [1.807, 2.05) is 0 Å². The Hall–Kier alpha value is -5.16. The van der Waals surface area contributed by atoms with Crippen molar-refractivity contribution >= 4 is 390 Å². The van der Waals surface area contributed by atoms with Gasteiger partial charge in [0.1, 0.15) is 215 Å². The van der Waals surface area contributed by atoms with Gasteiger partial charge in [0.15, 0.2) is 11.6 Å². The highest BCUT2D eigenvalue weighted by Crippen LogP contribution is 2.36. The monoisotopic (exact) mass is 914 g/mol. The fourth-order valence-corrected chi connectivity index (χ4v) is 10.0. The van der Waals surface area contributed by atoms with Gasteiger partial charge in [0.2, 0.25) is 5.95 Å². The molecule has 3 aromatic heterocycles. The Morgan fingerprint density at radius 3 is 1.16 bits per heavy atom. The van der Waals surface area contributed by atoms with Crippen LogP contribution in [0.2, 0.25) is 0 Å². The Morgan fingerprint density at radius 2 is 0.662 bits per heavy atom. The zero-order valence-corrected chi connectivity index (χ0v) is 40.8. The van der Waals surface area contributed by atoms with Crippen LogP contribution in [-0.4, -0.2) is 224 Å². The molecule has 5 nitrogen and oxygen atoms in total. The van der Waals surface area contributed by atoms with Gasteiger partial charge < -0.3 is 4.42 Å². The first-order valence-corrected chi connectivity index (χ1v) is 22.5. The van der Waals surface area contributed by atoms with E-state index >= 15 is 0 Å². The molecule has 0 fully saturated rings. The van der Waals surface area contributed by atoms with Crippen LogP contribution in [0, 0.1) is 6.92 Å². The third-order valence-electron chi connectivity index (χ3n) is 14.4. The molecule has 0 saturated carbocycles. The van der Waals surface area contributed by atoms with E-state index in [1.54, 1.807) is 13.0 Å². The number of hydrogen-bond donors (Lipinski definition) is 0. The Kier molecular flexibility index (Phi) is 13.6. The van der Waals surface area contributed by atoms with Gasteiger partial charge >= 0.3 is 0 Å². The van der Waals surface area contributed by atoms with E-state index in [1.165, 1.54) is 4.57 Å². The van der Waals surface area contributed by atoms with Crippen molar-refractivity contribution in [3.05, 3.63) is 11.6 Å². The summed E-state index contributed by atoms with van der Waals surface area (Å²) >= 11 is 0. The summed E-state index contributed by atoms with van der Waals surface area (Å²) in [5.74, 6) is -0.846. The molecule has 0 atom stereocenters. The van der Waals surface area contributed by atoms with Gasteiger partial charge in [-0.1, -0.05) is 71.0 Å². The predicted octanol–water partition coefficient (Wildman–Crippen LogP) is -19.5. The van der Waals surface area contributed by atoms with E-state index in [2.05, 4.69) is 0 Å². The minimum atomic E-state index is -0.301. The van der Waals surface area contributed by atoms with E-state index in [4.69, 9.17) is 223 Å². The molecule has 7 aromatic carbocycles. The van der Waals surface area contributed by atoms with Crippen LogP contribution in [0.4, 0.5) is 0 Å². The van der Waals surface area contributed by atoms with Crippen molar-refractivity contribution in [2.75, 3.05) is 0 Å². The van der Waals surface area contributed by atoms with Gasteiger partial charge in [0, 0.05) is 38.3 Å². The molecule has 0 amide bonds. The summed E-state index contributed by atoms with van der Waals surface area (Å²) < 4.78 is 7.95. The molecule has 0 saturated heterocycles. The lowest BCUT2D eigenvalue weighted by molar-refractivity contribution is 0.674. The van der Waals surface area contributed by atoms with Gasteiger partial charge in [-0.25, -0.2) is 4.98 Å². The number of hydrogen-bond acceptors (Lipinski definition) is 4. The average molecular weight is 910 g/mol. The largest absolute Gasteiger partial charge is 0.457 e. The van der Waals surface area contributed by atoms with E-state index in [0.717, 1.165) is 0 Å². The number of fused-ring (bicyclic) bond motifs is 6. The molecule has 0 aliphatic heterocycles. The van der Waals surface area contributed by atoms with Crippen molar-refractivity contribution in [3.63, 3.8) is 0 Å². The number of benzene rings is 7. The topological polar surface area (TPSA) is 56.7 Å². The van der Waals surface area contributed by atoms with Gasteiger partial charge in [0.05, 0.1) is 0 Å². The van der Waals surface area contributed by atoms with Crippen molar-refractivity contribution in [1.82, 2.24) is 19.5 Å². The first-order chi connectivity index (χ1) is 36.0. The lowest BCUT2D eigenvalue weighted by Gasteiger charge is -2.25. The molecular formula is C46H4B26N4O. The van der Waals surface area contributed by atoms with Crippen molar-refractivity contribution in [2.24, 2.45) is 0 Å². The van der Waals surface area contributed by atoms with Crippen LogP contribution in [0.15, 0.2) is 10.5 Å². The molecule has 10 rings (SSSR count). The molecule has 292 valence electrons. The van der Waals surface area contributed by atoms with Crippen LogP contribution in [0.5, 0.6) is 0 Å². The number of rotatable bonds is 5. The van der Waals surface area contributed by atoms with Crippen LogP contribution < -0.4 is 142 Å². The van der Waals surface area contributed by atoms with Gasteiger partial charge in [0.25, 0.3) is 0 Å². The second kappa shape index (κ2) is 19.0. The Bertz CT molecular complexity index is 4350. The summed E-state index contributed by atoms with van der Waals surface area (Å²) in [7, 11) is 172. The smallest absolute Gasteiger partial charge is 0.238 e. The number of furan rings is 1. The zero-order chi connectivity index (χ0) is 56.5. The van der Waals surface area contributed by atoms with Crippen LogP contribution in [0.25, 0.3) is 94.7 Å². The molecule has 52 radical (unpaired) electrons. The van der Waals surface area contributed by atoms with Crippen molar-refractivity contribution in [1.29, 1.82) is 0 Å². The lowest BCUT2D eigenvalue weighted by Crippen LogP contribution is -2.56. The summed E-state index contributed by atoms with van der Waals surface area (Å²) in [5.41, 5.74) is -1.93. The number of aromatic nitrogens is 4. The first-order valence-electron chi connectivity index (χ1n) is 22.5. The highest BCUT2D eigenvalue weighted by molar-refractivity contribution is 6.74. The summed E-state index contributed by atoms with van der Waals surface area (Å²) in [6, 6.07) is 1.56. The normalized spacial score (nSPS) is 11.8. The Labute approximate surface area is 480 Å². The minimum absolute atomic E-state index is 0.0123. The highest BCUT2D eigenvalue weighted by Gasteiger charge is 2.30.